The second-order valence-electron chi connectivity index (χ2n) is 6.83. The van der Waals surface area contributed by atoms with Crippen molar-refractivity contribution in [2.24, 2.45) is 16.6 Å². The van der Waals surface area contributed by atoms with Gasteiger partial charge in [0.05, 0.1) is 13.2 Å². The molecule has 0 bridgehead atoms. The Morgan fingerprint density at radius 2 is 1.92 bits per heavy atom. The van der Waals surface area contributed by atoms with Crippen molar-refractivity contribution < 1.29 is 4.74 Å². The highest BCUT2D eigenvalue weighted by atomic mass is 16.5. The van der Waals surface area contributed by atoms with Gasteiger partial charge in [-0.25, -0.2) is 0 Å². The molecule has 0 saturated carbocycles. The molecule has 1 unspecified atom stereocenters. The minimum absolute atomic E-state index is 0.485. The van der Waals surface area contributed by atoms with E-state index in [2.05, 4.69) is 29.1 Å². The number of nitrogens with two attached hydrogens (primary N) is 1. The van der Waals surface area contributed by atoms with Crippen LogP contribution in [-0.4, -0.2) is 43.6 Å². The van der Waals surface area contributed by atoms with Gasteiger partial charge in [0.15, 0.2) is 5.96 Å². The highest BCUT2D eigenvalue weighted by molar-refractivity contribution is 5.92. The zero-order valence-corrected chi connectivity index (χ0v) is 16.0. The van der Waals surface area contributed by atoms with Gasteiger partial charge in [-0.15, -0.1) is 0 Å². The fourth-order valence-electron chi connectivity index (χ4n) is 3.76. The number of anilines is 1. The Morgan fingerprint density at radius 3 is 2.56 bits per heavy atom. The SMILES string of the molecule is CCC(CC)C(CN=C(N)Nc1ccccc1COC)N1CCCC1. The van der Waals surface area contributed by atoms with Gasteiger partial charge >= 0.3 is 0 Å². The van der Waals surface area contributed by atoms with E-state index in [1.807, 2.05) is 24.3 Å². The first-order chi connectivity index (χ1) is 12.2. The Hall–Kier alpha value is -1.59. The van der Waals surface area contributed by atoms with E-state index < -0.39 is 0 Å². The quantitative estimate of drug-likeness (QED) is 0.531. The van der Waals surface area contributed by atoms with E-state index in [0.29, 0.717) is 24.5 Å². The molecule has 2 rings (SSSR count). The van der Waals surface area contributed by atoms with Crippen LogP contribution in [0.5, 0.6) is 0 Å². The number of methoxy groups -OCH3 is 1. The molecule has 25 heavy (non-hydrogen) atoms. The molecule has 140 valence electrons. The number of ether oxygens (including phenoxy) is 1. The first-order valence-corrected chi connectivity index (χ1v) is 9.57. The molecule has 1 atom stereocenters. The summed E-state index contributed by atoms with van der Waals surface area (Å²) in [5.41, 5.74) is 8.23. The van der Waals surface area contributed by atoms with E-state index in [1.54, 1.807) is 7.11 Å². The molecule has 0 aromatic heterocycles. The van der Waals surface area contributed by atoms with E-state index in [1.165, 1.54) is 38.8 Å². The van der Waals surface area contributed by atoms with E-state index in [0.717, 1.165) is 17.8 Å². The summed E-state index contributed by atoms with van der Waals surface area (Å²) in [5.74, 6) is 1.16. The van der Waals surface area contributed by atoms with Gasteiger partial charge in [0.25, 0.3) is 0 Å². The lowest BCUT2D eigenvalue weighted by molar-refractivity contribution is 0.172. The molecular formula is C20H34N4O. The van der Waals surface area contributed by atoms with Gasteiger partial charge in [0.2, 0.25) is 0 Å². The number of rotatable bonds is 9. The van der Waals surface area contributed by atoms with Crippen molar-refractivity contribution in [3.05, 3.63) is 29.8 Å². The normalized spacial score (nSPS) is 17.2. The summed E-state index contributed by atoms with van der Waals surface area (Å²) in [4.78, 5) is 7.29. The summed E-state index contributed by atoms with van der Waals surface area (Å²) in [7, 11) is 1.70. The van der Waals surface area contributed by atoms with Crippen molar-refractivity contribution >= 4 is 11.6 Å². The van der Waals surface area contributed by atoms with Crippen LogP contribution in [0.15, 0.2) is 29.3 Å². The number of guanidine groups is 1. The van der Waals surface area contributed by atoms with Crippen LogP contribution in [0.1, 0.15) is 45.1 Å². The van der Waals surface area contributed by atoms with Crippen LogP contribution in [0.25, 0.3) is 0 Å². The number of nitrogens with one attached hydrogen (secondary N) is 1. The molecule has 0 aliphatic carbocycles. The molecule has 1 aromatic carbocycles. The minimum Gasteiger partial charge on any atom is -0.380 e. The minimum atomic E-state index is 0.485. The van der Waals surface area contributed by atoms with Crippen LogP contribution < -0.4 is 11.1 Å². The van der Waals surface area contributed by atoms with Crippen molar-refractivity contribution in [2.45, 2.75) is 52.2 Å². The van der Waals surface area contributed by atoms with E-state index in [9.17, 15) is 0 Å². The molecule has 1 fully saturated rings. The van der Waals surface area contributed by atoms with E-state index >= 15 is 0 Å². The molecule has 1 aliphatic rings. The first-order valence-electron chi connectivity index (χ1n) is 9.57. The van der Waals surface area contributed by atoms with Gasteiger partial charge in [0, 0.05) is 24.4 Å². The number of nitrogens with zero attached hydrogens (tertiary/aromatic N) is 2. The lowest BCUT2D eigenvalue weighted by Gasteiger charge is -2.32. The Kier molecular flexibility index (Phi) is 8.22. The van der Waals surface area contributed by atoms with Crippen molar-refractivity contribution in [3.8, 4) is 0 Å². The molecular weight excluding hydrogens is 312 g/mol. The standard InChI is InChI=1S/C20H34N4O/c1-4-16(5-2)19(24-12-8-9-13-24)14-22-20(21)23-18-11-7-6-10-17(18)15-25-3/h6-7,10-11,16,19H,4-5,8-9,12-15H2,1-3H3,(H3,21,22,23). The third-order valence-corrected chi connectivity index (χ3v) is 5.23. The first kappa shape index (κ1) is 19.7. The fraction of sp³-hybridized carbons (Fsp3) is 0.650. The molecule has 5 heteroatoms. The Morgan fingerprint density at radius 1 is 1.24 bits per heavy atom. The number of benzene rings is 1. The predicted octanol–water partition coefficient (Wildman–Crippen LogP) is 3.46. The number of para-hydroxylation sites is 1. The molecule has 1 heterocycles. The van der Waals surface area contributed by atoms with Gasteiger partial charge in [-0.05, 0) is 37.9 Å². The van der Waals surface area contributed by atoms with E-state index in [4.69, 9.17) is 10.5 Å². The van der Waals surface area contributed by atoms with Crippen molar-refractivity contribution in [1.29, 1.82) is 0 Å². The maximum absolute atomic E-state index is 6.18. The summed E-state index contributed by atoms with van der Waals surface area (Å²) in [6, 6.07) is 8.54. The summed E-state index contributed by atoms with van der Waals surface area (Å²) >= 11 is 0. The Balaban J connectivity index is 2.04. The van der Waals surface area contributed by atoms with Crippen LogP contribution in [-0.2, 0) is 11.3 Å². The van der Waals surface area contributed by atoms with Crippen LogP contribution >= 0.6 is 0 Å². The number of hydrogen-bond donors (Lipinski definition) is 2. The maximum Gasteiger partial charge on any atom is 0.193 e. The van der Waals surface area contributed by atoms with Crippen molar-refractivity contribution in [2.75, 3.05) is 32.1 Å². The molecule has 1 aromatic rings. The molecule has 0 spiro atoms. The third-order valence-electron chi connectivity index (χ3n) is 5.23. The highest BCUT2D eigenvalue weighted by Crippen LogP contribution is 2.23. The summed E-state index contributed by atoms with van der Waals surface area (Å²) in [6.07, 6.45) is 4.99. The lowest BCUT2D eigenvalue weighted by atomic mass is 9.93. The molecule has 0 radical (unpaired) electrons. The second kappa shape index (κ2) is 10.4. The van der Waals surface area contributed by atoms with Gasteiger partial charge in [-0.3, -0.25) is 9.89 Å². The van der Waals surface area contributed by atoms with Crippen LogP contribution in [0.3, 0.4) is 0 Å². The maximum atomic E-state index is 6.18. The Bertz CT molecular complexity index is 534. The molecule has 1 aliphatic heterocycles. The molecule has 1 saturated heterocycles. The molecule has 0 amide bonds. The summed E-state index contributed by atoms with van der Waals surface area (Å²) < 4.78 is 5.25. The zero-order chi connectivity index (χ0) is 18.1. The fourth-order valence-corrected chi connectivity index (χ4v) is 3.76. The number of hydrogen-bond acceptors (Lipinski definition) is 3. The monoisotopic (exact) mass is 346 g/mol. The van der Waals surface area contributed by atoms with Crippen LogP contribution in [0.4, 0.5) is 5.69 Å². The van der Waals surface area contributed by atoms with Crippen LogP contribution in [0, 0.1) is 5.92 Å². The summed E-state index contributed by atoms with van der Waals surface area (Å²) in [5, 5.41) is 3.25. The summed E-state index contributed by atoms with van der Waals surface area (Å²) in [6.45, 7) is 8.27. The van der Waals surface area contributed by atoms with E-state index in [-0.39, 0.29) is 0 Å². The van der Waals surface area contributed by atoms with Gasteiger partial charge in [-0.2, -0.15) is 0 Å². The number of likely N-dealkylation sites (tertiary alicyclic amines) is 1. The van der Waals surface area contributed by atoms with Gasteiger partial charge in [-0.1, -0.05) is 44.9 Å². The van der Waals surface area contributed by atoms with Crippen molar-refractivity contribution in [1.82, 2.24) is 4.90 Å². The average Bonchev–Trinajstić information content (AvgIpc) is 3.15. The average molecular weight is 347 g/mol. The number of aliphatic imine (C=N–C) groups is 1. The largest absolute Gasteiger partial charge is 0.380 e. The third kappa shape index (κ3) is 5.72. The topological polar surface area (TPSA) is 62.9 Å². The Labute approximate surface area is 152 Å². The molecule has 5 nitrogen and oxygen atoms in total. The highest BCUT2D eigenvalue weighted by Gasteiger charge is 2.27. The van der Waals surface area contributed by atoms with Gasteiger partial charge < -0.3 is 15.8 Å². The van der Waals surface area contributed by atoms with Gasteiger partial charge in [0.1, 0.15) is 0 Å². The van der Waals surface area contributed by atoms with Crippen molar-refractivity contribution in [3.63, 3.8) is 0 Å². The van der Waals surface area contributed by atoms with Crippen LogP contribution in [0.2, 0.25) is 0 Å². The predicted molar refractivity (Wildman–Crippen MR) is 106 cm³/mol. The lowest BCUT2D eigenvalue weighted by Crippen LogP contribution is -2.41. The smallest absolute Gasteiger partial charge is 0.193 e. The second-order valence-corrected chi connectivity index (χ2v) is 6.83. The molecule has 3 N–H and O–H groups in total. The zero-order valence-electron chi connectivity index (χ0n) is 16.0.